The predicted molar refractivity (Wildman–Crippen MR) is 156 cm³/mol. The maximum absolute atomic E-state index is 13.7. The van der Waals surface area contributed by atoms with Gasteiger partial charge in [0.05, 0.1) is 19.1 Å². The van der Waals surface area contributed by atoms with Crippen molar-refractivity contribution in [3.63, 3.8) is 0 Å². The summed E-state index contributed by atoms with van der Waals surface area (Å²) in [6, 6.07) is 22.0. The van der Waals surface area contributed by atoms with Crippen LogP contribution in [0.25, 0.3) is 0 Å². The molecule has 3 aromatic carbocycles. The van der Waals surface area contributed by atoms with E-state index in [1.165, 1.54) is 4.90 Å². The fourth-order valence-corrected chi connectivity index (χ4v) is 4.77. The van der Waals surface area contributed by atoms with E-state index in [1.54, 1.807) is 56.5 Å². The topological polar surface area (TPSA) is 105 Å². The molecule has 214 valence electrons. The van der Waals surface area contributed by atoms with Crippen molar-refractivity contribution in [2.75, 3.05) is 30.8 Å². The Morgan fingerprint density at radius 1 is 0.875 bits per heavy atom. The second kappa shape index (κ2) is 13.8. The molecule has 3 rings (SSSR count). The van der Waals surface area contributed by atoms with Gasteiger partial charge in [0.2, 0.25) is 21.8 Å². The Labute approximate surface area is 236 Å². The lowest BCUT2D eigenvalue weighted by Crippen LogP contribution is -2.51. The second-order valence-electron chi connectivity index (χ2n) is 9.87. The molecule has 0 bridgehead atoms. The number of nitrogens with one attached hydrogen (secondary N) is 1. The molecule has 0 unspecified atom stereocenters. The number of carbonyl (C=O) groups excluding carboxylic acids is 2. The molecule has 3 aromatic rings. The molecule has 10 heteroatoms. The highest BCUT2D eigenvalue weighted by atomic mass is 32.2. The number of nitrogens with zero attached hydrogens (tertiary/aromatic N) is 2. The molecule has 0 fully saturated rings. The van der Waals surface area contributed by atoms with Crippen molar-refractivity contribution in [2.45, 2.75) is 33.4 Å². The standard InChI is InChI=1S/C30H37N3O6S/c1-22(2)19-31-30(35)23(3)32(20-24-10-9-13-28(18-24)38-4)29(34)21-33(40(5,36)37)25-14-16-27(17-15-25)39-26-11-7-6-8-12-26/h6-18,22-23H,19-21H2,1-5H3,(H,31,35)/t23-/m0/s1. The highest BCUT2D eigenvalue weighted by Gasteiger charge is 2.30. The summed E-state index contributed by atoms with van der Waals surface area (Å²) in [5, 5.41) is 2.86. The molecule has 1 atom stereocenters. The number of anilines is 1. The molecule has 0 aliphatic heterocycles. The van der Waals surface area contributed by atoms with Gasteiger partial charge in [-0.05, 0) is 66.9 Å². The minimum Gasteiger partial charge on any atom is -0.497 e. The number of amides is 2. The lowest BCUT2D eigenvalue weighted by Gasteiger charge is -2.31. The number of carbonyl (C=O) groups is 2. The first-order valence-corrected chi connectivity index (χ1v) is 14.8. The van der Waals surface area contributed by atoms with Crippen molar-refractivity contribution in [1.29, 1.82) is 0 Å². The van der Waals surface area contributed by atoms with Crippen molar-refractivity contribution in [2.24, 2.45) is 5.92 Å². The number of para-hydroxylation sites is 1. The van der Waals surface area contributed by atoms with Crippen LogP contribution in [-0.4, -0.2) is 57.6 Å². The summed E-state index contributed by atoms with van der Waals surface area (Å²) in [5.74, 6) is 1.15. The number of hydrogen-bond donors (Lipinski definition) is 1. The summed E-state index contributed by atoms with van der Waals surface area (Å²) in [7, 11) is -2.30. The Hall–Kier alpha value is -4.05. The summed E-state index contributed by atoms with van der Waals surface area (Å²) < 4.78 is 37.8. The van der Waals surface area contributed by atoms with Crippen LogP contribution in [0.5, 0.6) is 17.2 Å². The van der Waals surface area contributed by atoms with Crippen LogP contribution in [0.4, 0.5) is 5.69 Å². The molecule has 0 spiro atoms. The van der Waals surface area contributed by atoms with E-state index in [9.17, 15) is 18.0 Å². The van der Waals surface area contributed by atoms with Crippen LogP contribution in [0, 0.1) is 5.92 Å². The highest BCUT2D eigenvalue weighted by molar-refractivity contribution is 7.92. The van der Waals surface area contributed by atoms with Crippen molar-refractivity contribution in [3.8, 4) is 17.2 Å². The van der Waals surface area contributed by atoms with Gasteiger partial charge in [0.1, 0.15) is 29.8 Å². The van der Waals surface area contributed by atoms with E-state index >= 15 is 0 Å². The van der Waals surface area contributed by atoms with Crippen LogP contribution >= 0.6 is 0 Å². The van der Waals surface area contributed by atoms with Gasteiger partial charge >= 0.3 is 0 Å². The molecule has 0 saturated heterocycles. The summed E-state index contributed by atoms with van der Waals surface area (Å²) in [5.41, 5.74) is 1.04. The monoisotopic (exact) mass is 567 g/mol. The molecule has 40 heavy (non-hydrogen) atoms. The van der Waals surface area contributed by atoms with E-state index in [4.69, 9.17) is 9.47 Å². The molecular formula is C30H37N3O6S. The number of rotatable bonds is 13. The molecule has 0 saturated carbocycles. The van der Waals surface area contributed by atoms with E-state index in [1.807, 2.05) is 50.2 Å². The minimum absolute atomic E-state index is 0.0910. The second-order valence-corrected chi connectivity index (χ2v) is 11.8. The smallest absolute Gasteiger partial charge is 0.244 e. The lowest BCUT2D eigenvalue weighted by molar-refractivity contribution is -0.139. The normalized spacial score (nSPS) is 11.9. The molecule has 0 heterocycles. The van der Waals surface area contributed by atoms with E-state index < -0.39 is 28.5 Å². The minimum atomic E-state index is -3.84. The quantitative estimate of drug-likeness (QED) is 0.327. The van der Waals surface area contributed by atoms with Crippen LogP contribution in [0.15, 0.2) is 78.9 Å². The van der Waals surface area contributed by atoms with Gasteiger partial charge in [-0.3, -0.25) is 13.9 Å². The molecular weight excluding hydrogens is 530 g/mol. The maximum Gasteiger partial charge on any atom is 0.244 e. The summed E-state index contributed by atoms with van der Waals surface area (Å²) in [6.45, 7) is 5.65. The fourth-order valence-electron chi connectivity index (χ4n) is 3.92. The number of methoxy groups -OCH3 is 1. The molecule has 0 radical (unpaired) electrons. The van der Waals surface area contributed by atoms with Crippen LogP contribution < -0.4 is 19.1 Å². The molecule has 0 aliphatic carbocycles. The maximum atomic E-state index is 13.7. The summed E-state index contributed by atoms with van der Waals surface area (Å²) in [6.07, 6.45) is 1.04. The molecule has 2 amide bonds. The molecule has 1 N–H and O–H groups in total. The van der Waals surface area contributed by atoms with Gasteiger partial charge in [0, 0.05) is 13.1 Å². The van der Waals surface area contributed by atoms with Gasteiger partial charge in [0.15, 0.2) is 0 Å². The van der Waals surface area contributed by atoms with E-state index in [0.717, 1.165) is 16.1 Å². The SMILES string of the molecule is COc1cccc(CN(C(=O)CN(c2ccc(Oc3ccccc3)cc2)S(C)(=O)=O)[C@@H](C)C(=O)NCC(C)C)c1. The number of hydrogen-bond acceptors (Lipinski definition) is 6. The van der Waals surface area contributed by atoms with Crippen molar-refractivity contribution < 1.29 is 27.5 Å². The molecule has 9 nitrogen and oxygen atoms in total. The Kier molecular flexibility index (Phi) is 10.6. The van der Waals surface area contributed by atoms with Gasteiger partial charge in [0.25, 0.3) is 0 Å². The first-order valence-electron chi connectivity index (χ1n) is 13.0. The Morgan fingerprint density at radius 3 is 2.10 bits per heavy atom. The third kappa shape index (κ3) is 8.74. The molecule has 0 aliphatic rings. The van der Waals surface area contributed by atoms with Gasteiger partial charge in [-0.15, -0.1) is 0 Å². The van der Waals surface area contributed by atoms with E-state index in [0.29, 0.717) is 29.5 Å². The lowest BCUT2D eigenvalue weighted by atomic mass is 10.1. The van der Waals surface area contributed by atoms with E-state index in [-0.39, 0.29) is 18.4 Å². The zero-order valence-corrected chi connectivity index (χ0v) is 24.4. The summed E-state index contributed by atoms with van der Waals surface area (Å²) in [4.78, 5) is 28.1. The zero-order chi connectivity index (χ0) is 29.3. The van der Waals surface area contributed by atoms with Crippen LogP contribution in [0.2, 0.25) is 0 Å². The van der Waals surface area contributed by atoms with Crippen molar-refractivity contribution >= 4 is 27.5 Å². The van der Waals surface area contributed by atoms with E-state index in [2.05, 4.69) is 5.32 Å². The Morgan fingerprint density at radius 2 is 1.50 bits per heavy atom. The fraction of sp³-hybridized carbons (Fsp3) is 0.333. The van der Waals surface area contributed by atoms with Crippen molar-refractivity contribution in [1.82, 2.24) is 10.2 Å². The van der Waals surface area contributed by atoms with Gasteiger partial charge in [-0.25, -0.2) is 8.42 Å². The Balaban J connectivity index is 1.86. The number of benzene rings is 3. The largest absolute Gasteiger partial charge is 0.497 e. The third-order valence-corrected chi connectivity index (χ3v) is 7.26. The average Bonchev–Trinajstić information content (AvgIpc) is 2.93. The zero-order valence-electron chi connectivity index (χ0n) is 23.5. The third-order valence-electron chi connectivity index (χ3n) is 6.12. The van der Waals surface area contributed by atoms with Gasteiger partial charge in [-0.2, -0.15) is 0 Å². The first kappa shape index (κ1) is 30.5. The molecule has 0 aromatic heterocycles. The number of sulfonamides is 1. The van der Waals surface area contributed by atoms with Crippen molar-refractivity contribution in [3.05, 3.63) is 84.4 Å². The Bertz CT molecular complexity index is 1380. The van der Waals surface area contributed by atoms with Crippen LogP contribution in [0.3, 0.4) is 0 Å². The van der Waals surface area contributed by atoms with Crippen LogP contribution in [0.1, 0.15) is 26.3 Å². The van der Waals surface area contributed by atoms with Crippen LogP contribution in [-0.2, 0) is 26.2 Å². The van der Waals surface area contributed by atoms with Gasteiger partial charge < -0.3 is 19.7 Å². The first-order chi connectivity index (χ1) is 19.0. The predicted octanol–water partition coefficient (Wildman–Crippen LogP) is 4.44. The average molecular weight is 568 g/mol. The number of ether oxygens (including phenoxy) is 2. The van der Waals surface area contributed by atoms with Gasteiger partial charge in [-0.1, -0.05) is 44.2 Å². The summed E-state index contributed by atoms with van der Waals surface area (Å²) >= 11 is 0. The highest BCUT2D eigenvalue weighted by Crippen LogP contribution is 2.26.